The molecule has 0 aliphatic heterocycles. The van der Waals surface area contributed by atoms with Gasteiger partial charge in [-0.05, 0) is 12.1 Å². The molecule has 8 nitrogen and oxygen atoms in total. The fraction of sp³-hybridized carbons (Fsp3) is 0. The van der Waals surface area contributed by atoms with E-state index in [4.69, 9.17) is 0 Å². The first-order chi connectivity index (χ1) is 9.08. The second-order valence-electron chi connectivity index (χ2n) is 3.91. The molecule has 3 rings (SSSR count). The molecule has 2 aromatic heterocycles. The molecule has 0 fully saturated rings. The van der Waals surface area contributed by atoms with E-state index in [0.29, 0.717) is 10.9 Å². The van der Waals surface area contributed by atoms with E-state index in [2.05, 4.69) is 5.10 Å². The van der Waals surface area contributed by atoms with E-state index in [0.717, 1.165) is 6.07 Å². The van der Waals surface area contributed by atoms with Gasteiger partial charge in [0.2, 0.25) is 0 Å². The van der Waals surface area contributed by atoms with Crippen LogP contribution >= 0.6 is 0 Å². The van der Waals surface area contributed by atoms with Crippen molar-refractivity contribution in [2.75, 3.05) is 0 Å². The van der Waals surface area contributed by atoms with Crippen LogP contribution in [0.2, 0.25) is 0 Å². The van der Waals surface area contributed by atoms with Crippen LogP contribution in [0.15, 0.2) is 36.5 Å². The average molecular weight is 258 g/mol. The van der Waals surface area contributed by atoms with Crippen LogP contribution in [0, 0.1) is 20.2 Å². The zero-order valence-corrected chi connectivity index (χ0v) is 9.39. The van der Waals surface area contributed by atoms with Crippen molar-refractivity contribution in [3.8, 4) is 0 Å². The van der Waals surface area contributed by atoms with Gasteiger partial charge in [0.1, 0.15) is 0 Å². The maximum atomic E-state index is 11.0. The number of nitrogens with zero attached hydrogens (tertiary/aromatic N) is 4. The van der Waals surface area contributed by atoms with Gasteiger partial charge in [-0.2, -0.15) is 5.10 Å². The lowest BCUT2D eigenvalue weighted by Crippen LogP contribution is -1.93. The molecule has 0 saturated carbocycles. The van der Waals surface area contributed by atoms with Gasteiger partial charge in [0.25, 0.3) is 5.69 Å². The molecule has 0 N–H and O–H groups in total. The number of hydrogen-bond donors (Lipinski definition) is 0. The van der Waals surface area contributed by atoms with Gasteiger partial charge >= 0.3 is 5.69 Å². The highest BCUT2D eigenvalue weighted by Crippen LogP contribution is 2.32. The van der Waals surface area contributed by atoms with Crippen molar-refractivity contribution in [1.29, 1.82) is 0 Å². The first kappa shape index (κ1) is 11.1. The monoisotopic (exact) mass is 258 g/mol. The summed E-state index contributed by atoms with van der Waals surface area (Å²) in [7, 11) is 0. The maximum absolute atomic E-state index is 11.0. The number of aromatic nitrogens is 2. The predicted molar refractivity (Wildman–Crippen MR) is 66.0 cm³/mol. The van der Waals surface area contributed by atoms with Crippen LogP contribution in [0.25, 0.3) is 16.4 Å². The summed E-state index contributed by atoms with van der Waals surface area (Å²) in [6.07, 6.45) is 1.63. The van der Waals surface area contributed by atoms with E-state index in [9.17, 15) is 20.2 Å². The fourth-order valence-corrected chi connectivity index (χ4v) is 1.99. The summed E-state index contributed by atoms with van der Waals surface area (Å²) < 4.78 is 1.46. The number of rotatable bonds is 2. The minimum absolute atomic E-state index is 0.141. The van der Waals surface area contributed by atoms with Gasteiger partial charge in [-0.15, -0.1) is 0 Å². The van der Waals surface area contributed by atoms with Crippen molar-refractivity contribution in [3.05, 3.63) is 56.8 Å². The Labute approximate surface area is 105 Å². The molecule has 0 radical (unpaired) electrons. The van der Waals surface area contributed by atoms with Crippen molar-refractivity contribution in [2.24, 2.45) is 0 Å². The van der Waals surface area contributed by atoms with E-state index in [1.807, 2.05) is 0 Å². The van der Waals surface area contributed by atoms with Gasteiger partial charge in [-0.25, -0.2) is 4.52 Å². The normalized spacial score (nSPS) is 10.9. The minimum Gasteiger partial charge on any atom is -0.258 e. The molecule has 0 amide bonds. The highest BCUT2D eigenvalue weighted by molar-refractivity contribution is 6.00. The number of nitro benzene ring substituents is 2. The van der Waals surface area contributed by atoms with Gasteiger partial charge in [0.05, 0.1) is 21.4 Å². The van der Waals surface area contributed by atoms with Crippen LogP contribution in [0.1, 0.15) is 0 Å². The lowest BCUT2D eigenvalue weighted by Gasteiger charge is -1.94. The summed E-state index contributed by atoms with van der Waals surface area (Å²) in [5.74, 6) is 0. The Bertz CT molecular complexity index is 839. The molecular weight excluding hydrogens is 252 g/mol. The summed E-state index contributed by atoms with van der Waals surface area (Å²) in [5.41, 5.74) is 0.0388. The molecule has 19 heavy (non-hydrogen) atoms. The van der Waals surface area contributed by atoms with Crippen LogP contribution in [-0.2, 0) is 0 Å². The Morgan fingerprint density at radius 1 is 1.11 bits per heavy atom. The zero-order valence-electron chi connectivity index (χ0n) is 9.39. The molecule has 0 unspecified atom stereocenters. The van der Waals surface area contributed by atoms with Gasteiger partial charge in [0.15, 0.2) is 5.52 Å². The van der Waals surface area contributed by atoms with Crippen LogP contribution in [0.5, 0.6) is 0 Å². The molecule has 0 bridgehead atoms. The molecule has 3 aromatic rings. The van der Waals surface area contributed by atoms with E-state index in [1.165, 1.54) is 10.6 Å². The second kappa shape index (κ2) is 3.73. The van der Waals surface area contributed by atoms with Crippen molar-refractivity contribution in [2.45, 2.75) is 0 Å². The summed E-state index contributed by atoms with van der Waals surface area (Å²) in [4.78, 5) is 20.5. The third-order valence-electron chi connectivity index (χ3n) is 2.81. The summed E-state index contributed by atoms with van der Waals surface area (Å²) in [5, 5.41) is 26.3. The molecule has 1 aromatic carbocycles. The van der Waals surface area contributed by atoms with E-state index in [-0.39, 0.29) is 16.9 Å². The van der Waals surface area contributed by atoms with E-state index >= 15 is 0 Å². The number of non-ortho nitro benzene ring substituents is 2. The van der Waals surface area contributed by atoms with E-state index in [1.54, 1.807) is 24.4 Å². The molecule has 0 atom stereocenters. The molecule has 2 heterocycles. The Morgan fingerprint density at radius 2 is 1.89 bits per heavy atom. The lowest BCUT2D eigenvalue weighted by molar-refractivity contribution is -0.393. The molecule has 0 spiro atoms. The first-order valence-corrected chi connectivity index (χ1v) is 5.28. The van der Waals surface area contributed by atoms with Crippen LogP contribution in [0.4, 0.5) is 11.4 Å². The number of hydrogen-bond acceptors (Lipinski definition) is 5. The Balaban J connectivity index is 2.52. The highest BCUT2D eigenvalue weighted by atomic mass is 16.6. The number of nitro groups is 2. The molecule has 8 heteroatoms. The minimum atomic E-state index is -0.665. The molecular formula is C11H6N4O4. The standard InChI is InChI=1S/C11H6N4O4/c16-14(17)7-5-8-9-3-1-2-4-13(9)12-11(8)10(6-7)15(18)19/h1-6H. The second-order valence-corrected chi connectivity index (χ2v) is 3.91. The maximum Gasteiger partial charge on any atom is 0.304 e. The number of benzene rings is 1. The third-order valence-corrected chi connectivity index (χ3v) is 2.81. The molecule has 0 saturated heterocycles. The smallest absolute Gasteiger partial charge is 0.258 e. The van der Waals surface area contributed by atoms with E-state index < -0.39 is 9.85 Å². The Morgan fingerprint density at radius 3 is 2.58 bits per heavy atom. The van der Waals surface area contributed by atoms with Crippen molar-refractivity contribution in [3.63, 3.8) is 0 Å². The van der Waals surface area contributed by atoms with Gasteiger partial charge < -0.3 is 0 Å². The molecule has 94 valence electrons. The van der Waals surface area contributed by atoms with Crippen LogP contribution in [0.3, 0.4) is 0 Å². The number of pyridine rings is 1. The Hall–Kier alpha value is -3.03. The topological polar surface area (TPSA) is 104 Å². The van der Waals surface area contributed by atoms with Crippen molar-refractivity contribution in [1.82, 2.24) is 9.61 Å². The molecule has 0 aliphatic rings. The predicted octanol–water partition coefficient (Wildman–Crippen LogP) is 2.30. The Kier molecular flexibility index (Phi) is 2.18. The fourth-order valence-electron chi connectivity index (χ4n) is 1.99. The highest BCUT2D eigenvalue weighted by Gasteiger charge is 2.23. The zero-order chi connectivity index (χ0) is 13.6. The van der Waals surface area contributed by atoms with Crippen LogP contribution in [-0.4, -0.2) is 19.5 Å². The van der Waals surface area contributed by atoms with Crippen molar-refractivity contribution < 1.29 is 9.85 Å². The average Bonchev–Trinajstić information content (AvgIpc) is 2.75. The first-order valence-electron chi connectivity index (χ1n) is 5.28. The quantitative estimate of drug-likeness (QED) is 0.518. The molecule has 0 aliphatic carbocycles. The third kappa shape index (κ3) is 1.58. The lowest BCUT2D eigenvalue weighted by atomic mass is 10.1. The summed E-state index contributed by atoms with van der Waals surface area (Å²) in [6, 6.07) is 7.38. The van der Waals surface area contributed by atoms with Gasteiger partial charge in [0, 0.05) is 17.6 Å². The SMILES string of the molecule is O=[N+]([O-])c1cc([N+](=O)[O-])c2nn3ccccc3c2c1. The van der Waals surface area contributed by atoms with Gasteiger partial charge in [-0.1, -0.05) is 6.07 Å². The van der Waals surface area contributed by atoms with Gasteiger partial charge in [-0.3, -0.25) is 20.2 Å². The number of fused-ring (bicyclic) bond motifs is 3. The summed E-state index contributed by atoms with van der Waals surface area (Å²) >= 11 is 0. The summed E-state index contributed by atoms with van der Waals surface area (Å²) in [6.45, 7) is 0. The largest absolute Gasteiger partial charge is 0.304 e. The van der Waals surface area contributed by atoms with Crippen LogP contribution < -0.4 is 0 Å². The van der Waals surface area contributed by atoms with Crippen molar-refractivity contribution >= 4 is 27.8 Å².